The van der Waals surface area contributed by atoms with Gasteiger partial charge in [0.1, 0.15) is 26.5 Å². The molecule has 10 heteroatoms. The van der Waals surface area contributed by atoms with Crippen LogP contribution >= 0.6 is 0 Å². The smallest absolute Gasteiger partial charge is 0.362 e. The van der Waals surface area contributed by atoms with Crippen molar-refractivity contribution in [2.75, 3.05) is 28.4 Å². The van der Waals surface area contributed by atoms with Gasteiger partial charge in [-0.2, -0.15) is 0 Å². The third kappa shape index (κ3) is 6.10. The van der Waals surface area contributed by atoms with E-state index in [1.54, 1.807) is 24.3 Å². The average molecular weight is 378 g/mol. The molecule has 146 valence electrons. The zero-order chi connectivity index (χ0) is 20.2. The second-order valence-corrected chi connectivity index (χ2v) is 4.92. The maximum Gasteiger partial charge on any atom is 0.362 e. The lowest BCUT2D eigenvalue weighted by Gasteiger charge is -2.10. The number of amides is 1. The Morgan fingerprint density at radius 2 is 1.70 bits per heavy atom. The highest BCUT2D eigenvalue weighted by Gasteiger charge is 2.19. The molecule has 0 aliphatic carbocycles. The van der Waals surface area contributed by atoms with Crippen LogP contribution in [0.2, 0.25) is 0 Å². The number of oxime groups is 3. The molecule has 0 spiro atoms. The van der Waals surface area contributed by atoms with Crippen molar-refractivity contribution < 1.29 is 28.8 Å². The maximum absolute atomic E-state index is 12.0. The molecule has 1 amide bonds. The van der Waals surface area contributed by atoms with E-state index in [4.69, 9.17) is 9.68 Å². The van der Waals surface area contributed by atoms with Gasteiger partial charge < -0.3 is 24.6 Å². The van der Waals surface area contributed by atoms with Crippen LogP contribution < -0.4 is 5.32 Å². The van der Waals surface area contributed by atoms with E-state index in [-0.39, 0.29) is 23.7 Å². The number of carbonyl (C=O) groups excluding carboxylic acids is 2. The minimum Gasteiger partial charge on any atom is -0.464 e. The Morgan fingerprint density at radius 3 is 2.30 bits per heavy atom. The fraction of sp³-hybridized carbons (Fsp3) is 0.353. The summed E-state index contributed by atoms with van der Waals surface area (Å²) in [5, 5.41) is 13.7. The Balaban J connectivity index is 3.04. The van der Waals surface area contributed by atoms with Gasteiger partial charge in [0.25, 0.3) is 5.91 Å². The summed E-state index contributed by atoms with van der Waals surface area (Å²) < 4.78 is 4.61. The monoisotopic (exact) mass is 378 g/mol. The number of ether oxygens (including phenoxy) is 1. The second-order valence-electron chi connectivity index (χ2n) is 4.92. The Bertz CT molecular complexity index is 758. The maximum atomic E-state index is 12.0. The van der Waals surface area contributed by atoms with Crippen molar-refractivity contribution in [3.8, 4) is 0 Å². The van der Waals surface area contributed by atoms with Crippen LogP contribution in [-0.2, 0) is 35.4 Å². The van der Waals surface area contributed by atoms with E-state index in [2.05, 4.69) is 30.4 Å². The number of methoxy groups -OCH3 is 1. The number of nitrogens with one attached hydrogen (secondary N) is 1. The van der Waals surface area contributed by atoms with Gasteiger partial charge in [0.15, 0.2) is 5.71 Å². The highest BCUT2D eigenvalue weighted by molar-refractivity contribution is 6.65. The Hall–Kier alpha value is -3.43. The predicted octanol–water partition coefficient (Wildman–Crippen LogP) is 0.851. The molecule has 0 saturated carbocycles. The van der Waals surface area contributed by atoms with Crippen LogP contribution in [-0.4, -0.2) is 57.4 Å². The first-order valence-electron chi connectivity index (χ1n) is 7.78. The van der Waals surface area contributed by atoms with Gasteiger partial charge in [-0.15, -0.1) is 0 Å². The van der Waals surface area contributed by atoms with Gasteiger partial charge >= 0.3 is 5.97 Å². The van der Waals surface area contributed by atoms with Crippen molar-refractivity contribution in [3.63, 3.8) is 0 Å². The summed E-state index contributed by atoms with van der Waals surface area (Å²) in [4.78, 5) is 38.4. The zero-order valence-corrected chi connectivity index (χ0v) is 15.8. The highest BCUT2D eigenvalue weighted by atomic mass is 16.6. The number of nitrogens with zero attached hydrogens (tertiary/aromatic N) is 3. The van der Waals surface area contributed by atoms with Gasteiger partial charge in [0, 0.05) is 18.2 Å². The fourth-order valence-corrected chi connectivity index (χ4v) is 1.98. The molecule has 0 heterocycles. The SMILES string of the molecule is CNC(=O)C(=NOC)c1ccccc1CON=C(C)C(=NOC)C(=O)OC. The summed E-state index contributed by atoms with van der Waals surface area (Å²) in [7, 11) is 5.35. The fourth-order valence-electron chi connectivity index (χ4n) is 1.98. The largest absolute Gasteiger partial charge is 0.464 e. The lowest BCUT2D eigenvalue weighted by atomic mass is 10.0. The van der Waals surface area contributed by atoms with Crippen LogP contribution in [0.4, 0.5) is 0 Å². The molecule has 0 unspecified atom stereocenters. The molecule has 1 rings (SSSR count). The van der Waals surface area contributed by atoms with E-state index in [1.807, 2.05) is 0 Å². The molecule has 1 aromatic carbocycles. The summed E-state index contributed by atoms with van der Waals surface area (Å²) in [6.45, 7) is 1.53. The summed E-state index contributed by atoms with van der Waals surface area (Å²) in [5.74, 6) is -1.12. The van der Waals surface area contributed by atoms with Crippen molar-refractivity contribution in [2.24, 2.45) is 15.5 Å². The van der Waals surface area contributed by atoms with Gasteiger partial charge in [-0.25, -0.2) is 4.79 Å². The summed E-state index contributed by atoms with van der Waals surface area (Å²) in [6, 6.07) is 6.98. The summed E-state index contributed by atoms with van der Waals surface area (Å²) >= 11 is 0. The Kier molecular flexibility index (Phi) is 8.99. The van der Waals surface area contributed by atoms with Gasteiger partial charge in [-0.05, 0) is 6.92 Å². The van der Waals surface area contributed by atoms with Crippen LogP contribution in [0.15, 0.2) is 39.7 Å². The number of esters is 1. The van der Waals surface area contributed by atoms with Crippen molar-refractivity contribution >= 4 is 29.0 Å². The Labute approximate surface area is 156 Å². The van der Waals surface area contributed by atoms with Crippen molar-refractivity contribution in [1.29, 1.82) is 0 Å². The zero-order valence-electron chi connectivity index (χ0n) is 15.8. The third-order valence-electron chi connectivity index (χ3n) is 3.22. The number of hydrogen-bond acceptors (Lipinski definition) is 9. The summed E-state index contributed by atoms with van der Waals surface area (Å²) in [6.07, 6.45) is 0. The van der Waals surface area contributed by atoms with E-state index in [0.717, 1.165) is 0 Å². The molecule has 0 fully saturated rings. The molecule has 0 radical (unpaired) electrons. The Morgan fingerprint density at radius 1 is 1.04 bits per heavy atom. The van der Waals surface area contributed by atoms with Gasteiger partial charge in [-0.3, -0.25) is 4.79 Å². The topological polar surface area (TPSA) is 120 Å². The molecule has 0 aliphatic heterocycles. The molecule has 1 aromatic rings. The normalized spacial score (nSPS) is 12.3. The minimum atomic E-state index is -0.712. The first-order chi connectivity index (χ1) is 13.0. The highest BCUT2D eigenvalue weighted by Crippen LogP contribution is 2.13. The number of benzene rings is 1. The lowest BCUT2D eigenvalue weighted by Crippen LogP contribution is -2.29. The first-order valence-corrected chi connectivity index (χ1v) is 7.78. The number of carbonyl (C=O) groups is 2. The molecule has 10 nitrogen and oxygen atoms in total. The summed E-state index contributed by atoms with van der Waals surface area (Å²) in [5.41, 5.74) is 1.29. The molecule has 0 atom stereocenters. The molecule has 0 saturated heterocycles. The second kappa shape index (κ2) is 11.2. The minimum absolute atomic E-state index is 0.00861. The van der Waals surface area contributed by atoms with Crippen LogP contribution in [0, 0.1) is 0 Å². The van der Waals surface area contributed by atoms with E-state index >= 15 is 0 Å². The van der Waals surface area contributed by atoms with E-state index in [9.17, 15) is 9.59 Å². The quantitative estimate of drug-likeness (QED) is 0.386. The number of rotatable bonds is 9. The molecule has 0 bridgehead atoms. The van der Waals surface area contributed by atoms with E-state index in [0.29, 0.717) is 11.1 Å². The van der Waals surface area contributed by atoms with E-state index < -0.39 is 11.9 Å². The van der Waals surface area contributed by atoms with Crippen LogP contribution in [0.5, 0.6) is 0 Å². The van der Waals surface area contributed by atoms with Crippen LogP contribution in [0.3, 0.4) is 0 Å². The molecule has 0 aliphatic rings. The number of hydrogen-bond donors (Lipinski definition) is 1. The predicted molar refractivity (Wildman–Crippen MR) is 98.4 cm³/mol. The lowest BCUT2D eigenvalue weighted by molar-refractivity contribution is -0.132. The van der Waals surface area contributed by atoms with E-state index in [1.165, 1.54) is 35.3 Å². The van der Waals surface area contributed by atoms with Gasteiger partial charge in [0.05, 0.1) is 7.11 Å². The number of likely N-dealkylation sites (N-methyl/N-ethyl adjacent to an activating group) is 1. The molecular weight excluding hydrogens is 356 g/mol. The van der Waals surface area contributed by atoms with Crippen molar-refractivity contribution in [3.05, 3.63) is 35.4 Å². The molecule has 0 aromatic heterocycles. The molecular formula is C17H22N4O6. The van der Waals surface area contributed by atoms with Crippen molar-refractivity contribution in [1.82, 2.24) is 5.32 Å². The van der Waals surface area contributed by atoms with Crippen molar-refractivity contribution in [2.45, 2.75) is 13.5 Å². The van der Waals surface area contributed by atoms with Gasteiger partial charge in [-0.1, -0.05) is 39.7 Å². The standard InChI is InChI=1S/C17H22N4O6/c1-11(14(20-25-4)17(23)24-3)19-27-10-12-8-6-7-9-13(12)15(21-26-5)16(22)18-2/h6-9H,10H2,1-5H3,(H,18,22). The molecule has 27 heavy (non-hydrogen) atoms. The van der Waals surface area contributed by atoms with Crippen LogP contribution in [0.1, 0.15) is 18.1 Å². The third-order valence-corrected chi connectivity index (χ3v) is 3.22. The molecule has 1 N–H and O–H groups in total. The van der Waals surface area contributed by atoms with Crippen LogP contribution in [0.25, 0.3) is 0 Å². The first kappa shape index (κ1) is 21.6. The average Bonchev–Trinajstić information content (AvgIpc) is 2.69. The van der Waals surface area contributed by atoms with Gasteiger partial charge in [0.2, 0.25) is 5.71 Å².